The molecule has 4 nitrogen and oxygen atoms in total. The van der Waals surface area contributed by atoms with E-state index in [1.807, 2.05) is 19.1 Å². The van der Waals surface area contributed by atoms with Crippen LogP contribution >= 0.6 is 11.3 Å². The zero-order valence-corrected chi connectivity index (χ0v) is 12.0. The Kier molecular flexibility index (Phi) is 3.14. The summed E-state index contributed by atoms with van der Waals surface area (Å²) in [6, 6.07) is 6.87. The first-order valence-electron chi connectivity index (χ1n) is 6.25. The molecule has 0 radical (unpaired) electrons. The zero-order chi connectivity index (χ0) is 14.3. The number of thiophene rings is 1. The summed E-state index contributed by atoms with van der Waals surface area (Å²) in [7, 11) is 1.47. The van der Waals surface area contributed by atoms with Gasteiger partial charge in [-0.05, 0) is 19.1 Å². The fraction of sp³-hybridized carbons (Fsp3) is 0.267. The fourth-order valence-corrected chi connectivity index (χ4v) is 3.26. The van der Waals surface area contributed by atoms with Crippen molar-refractivity contribution in [1.29, 1.82) is 0 Å². The lowest BCUT2D eigenvalue weighted by Crippen LogP contribution is -2.20. The van der Waals surface area contributed by atoms with Crippen molar-refractivity contribution in [3.05, 3.63) is 39.6 Å². The number of fused-ring (bicyclic) bond motifs is 1. The molecule has 0 fully saturated rings. The SMILES string of the molecule is COc1cc(O)cc2c1C(=O)CC(c1ccc(C)s1)O2. The summed E-state index contributed by atoms with van der Waals surface area (Å²) in [5.41, 5.74) is 0.412. The minimum atomic E-state index is -0.291. The molecule has 0 amide bonds. The Morgan fingerprint density at radius 1 is 1.40 bits per heavy atom. The van der Waals surface area contributed by atoms with Crippen LogP contribution in [0.1, 0.15) is 32.6 Å². The number of Topliss-reactive ketones (excluding diaryl/α,β-unsaturated/α-hetero) is 1. The molecule has 20 heavy (non-hydrogen) atoms. The third-order valence-electron chi connectivity index (χ3n) is 3.27. The molecular weight excluding hydrogens is 276 g/mol. The van der Waals surface area contributed by atoms with E-state index in [0.29, 0.717) is 17.1 Å². The highest BCUT2D eigenvalue weighted by Gasteiger charge is 2.31. The Morgan fingerprint density at radius 2 is 2.20 bits per heavy atom. The van der Waals surface area contributed by atoms with Crippen LogP contribution in [0.15, 0.2) is 24.3 Å². The van der Waals surface area contributed by atoms with Crippen LogP contribution in [0.2, 0.25) is 0 Å². The fourth-order valence-electron chi connectivity index (χ4n) is 2.36. The average Bonchev–Trinajstić information content (AvgIpc) is 2.83. The van der Waals surface area contributed by atoms with E-state index in [4.69, 9.17) is 9.47 Å². The maximum Gasteiger partial charge on any atom is 0.174 e. The lowest BCUT2D eigenvalue weighted by Gasteiger charge is -2.25. The molecule has 2 heterocycles. The first kappa shape index (κ1) is 13.0. The molecule has 0 spiro atoms. The summed E-state index contributed by atoms with van der Waals surface area (Å²) in [6.07, 6.45) is -0.00567. The molecule has 0 aliphatic carbocycles. The lowest BCUT2D eigenvalue weighted by atomic mass is 9.98. The standard InChI is InChI=1S/C15H14O4S/c1-8-3-4-14(20-8)11-7-10(17)15-12(18-2)5-9(16)6-13(15)19-11/h3-6,11,16H,7H2,1-2H3. The van der Waals surface area contributed by atoms with Gasteiger partial charge in [0.25, 0.3) is 0 Å². The topological polar surface area (TPSA) is 55.8 Å². The lowest BCUT2D eigenvalue weighted by molar-refractivity contribution is 0.0848. The highest BCUT2D eigenvalue weighted by atomic mass is 32.1. The second-order valence-corrected chi connectivity index (χ2v) is 6.02. The van der Waals surface area contributed by atoms with E-state index in [1.165, 1.54) is 24.1 Å². The summed E-state index contributed by atoms with van der Waals surface area (Å²) in [5, 5.41) is 9.68. The third-order valence-corrected chi connectivity index (χ3v) is 4.36. The largest absolute Gasteiger partial charge is 0.508 e. The number of ether oxygens (including phenoxy) is 2. The van der Waals surface area contributed by atoms with Crippen molar-refractivity contribution in [2.75, 3.05) is 7.11 Å². The molecule has 2 aromatic rings. The number of aromatic hydroxyl groups is 1. The van der Waals surface area contributed by atoms with E-state index in [2.05, 4.69) is 0 Å². The molecule has 3 rings (SSSR count). The smallest absolute Gasteiger partial charge is 0.174 e. The minimum Gasteiger partial charge on any atom is -0.508 e. The van der Waals surface area contributed by atoms with E-state index in [9.17, 15) is 9.90 Å². The van der Waals surface area contributed by atoms with Crippen molar-refractivity contribution >= 4 is 17.1 Å². The zero-order valence-electron chi connectivity index (χ0n) is 11.2. The van der Waals surface area contributed by atoms with Gasteiger partial charge >= 0.3 is 0 Å². The van der Waals surface area contributed by atoms with Crippen LogP contribution in [0.4, 0.5) is 0 Å². The number of carbonyl (C=O) groups excluding carboxylic acids is 1. The van der Waals surface area contributed by atoms with Crippen LogP contribution in [0.25, 0.3) is 0 Å². The van der Waals surface area contributed by atoms with Crippen molar-refractivity contribution in [2.24, 2.45) is 0 Å². The van der Waals surface area contributed by atoms with Gasteiger partial charge in [0.05, 0.1) is 13.5 Å². The number of phenolic OH excluding ortho intramolecular Hbond substituents is 1. The third kappa shape index (κ3) is 2.14. The normalized spacial score (nSPS) is 17.5. The van der Waals surface area contributed by atoms with E-state index in [0.717, 1.165) is 4.88 Å². The summed E-state index contributed by atoms with van der Waals surface area (Å²) in [6.45, 7) is 2.02. The van der Waals surface area contributed by atoms with Crippen LogP contribution in [0.5, 0.6) is 17.2 Å². The van der Waals surface area contributed by atoms with E-state index in [-0.39, 0.29) is 24.1 Å². The van der Waals surface area contributed by atoms with Gasteiger partial charge < -0.3 is 14.6 Å². The molecule has 104 valence electrons. The van der Waals surface area contributed by atoms with Gasteiger partial charge in [-0.15, -0.1) is 11.3 Å². The summed E-state index contributed by atoms with van der Waals surface area (Å²) < 4.78 is 11.0. The van der Waals surface area contributed by atoms with Crippen LogP contribution in [0, 0.1) is 6.92 Å². The molecule has 0 saturated heterocycles. The van der Waals surface area contributed by atoms with Gasteiger partial charge in [-0.1, -0.05) is 0 Å². The first-order valence-corrected chi connectivity index (χ1v) is 7.07. The Balaban J connectivity index is 2.02. The van der Waals surface area contributed by atoms with Crippen molar-refractivity contribution < 1.29 is 19.4 Å². The van der Waals surface area contributed by atoms with Gasteiger partial charge in [-0.2, -0.15) is 0 Å². The van der Waals surface area contributed by atoms with Crippen molar-refractivity contribution in [2.45, 2.75) is 19.4 Å². The Bertz CT molecular complexity index is 675. The van der Waals surface area contributed by atoms with Crippen LogP contribution in [-0.4, -0.2) is 18.0 Å². The summed E-state index contributed by atoms with van der Waals surface area (Å²) in [4.78, 5) is 14.5. The minimum absolute atomic E-state index is 0.0245. The van der Waals surface area contributed by atoms with Crippen molar-refractivity contribution in [3.8, 4) is 17.2 Å². The molecule has 1 atom stereocenters. The molecule has 1 aromatic heterocycles. The number of carbonyl (C=O) groups is 1. The molecule has 1 aliphatic heterocycles. The van der Waals surface area contributed by atoms with Gasteiger partial charge in [-0.25, -0.2) is 0 Å². The van der Waals surface area contributed by atoms with E-state index < -0.39 is 0 Å². The number of phenols is 1. The van der Waals surface area contributed by atoms with E-state index in [1.54, 1.807) is 11.3 Å². The predicted octanol–water partition coefficient (Wildman–Crippen LogP) is 3.48. The second kappa shape index (κ2) is 4.83. The Hall–Kier alpha value is -2.01. The number of aryl methyl sites for hydroxylation is 1. The number of ketones is 1. The summed E-state index contributed by atoms with van der Waals surface area (Å²) in [5.74, 6) is 0.732. The molecule has 5 heteroatoms. The molecule has 1 N–H and O–H groups in total. The Morgan fingerprint density at radius 3 is 2.85 bits per heavy atom. The van der Waals surface area contributed by atoms with Gasteiger partial charge in [-0.3, -0.25) is 4.79 Å². The molecule has 1 aromatic carbocycles. The molecule has 1 unspecified atom stereocenters. The molecular formula is C15H14O4S. The molecule has 1 aliphatic rings. The highest BCUT2D eigenvalue weighted by Crippen LogP contribution is 2.43. The monoisotopic (exact) mass is 290 g/mol. The quantitative estimate of drug-likeness (QED) is 0.920. The van der Waals surface area contributed by atoms with Gasteiger partial charge in [0, 0.05) is 21.9 Å². The summed E-state index contributed by atoms with van der Waals surface area (Å²) >= 11 is 1.61. The molecule has 0 bridgehead atoms. The second-order valence-electron chi connectivity index (χ2n) is 4.70. The van der Waals surface area contributed by atoms with Crippen molar-refractivity contribution in [3.63, 3.8) is 0 Å². The molecule has 0 saturated carbocycles. The maximum atomic E-state index is 12.3. The highest BCUT2D eigenvalue weighted by molar-refractivity contribution is 7.12. The number of hydrogen-bond donors (Lipinski definition) is 1. The van der Waals surface area contributed by atoms with Gasteiger partial charge in [0.1, 0.15) is 28.9 Å². The van der Waals surface area contributed by atoms with E-state index >= 15 is 0 Å². The van der Waals surface area contributed by atoms with Gasteiger partial charge in [0.2, 0.25) is 0 Å². The number of hydrogen-bond acceptors (Lipinski definition) is 5. The van der Waals surface area contributed by atoms with Crippen molar-refractivity contribution in [1.82, 2.24) is 0 Å². The van der Waals surface area contributed by atoms with Crippen LogP contribution in [-0.2, 0) is 0 Å². The average molecular weight is 290 g/mol. The first-order chi connectivity index (χ1) is 9.58. The Labute approximate surface area is 120 Å². The maximum absolute atomic E-state index is 12.3. The number of benzene rings is 1. The van der Waals surface area contributed by atoms with Crippen LogP contribution in [0.3, 0.4) is 0 Å². The van der Waals surface area contributed by atoms with Crippen LogP contribution < -0.4 is 9.47 Å². The number of methoxy groups -OCH3 is 1. The number of rotatable bonds is 2. The van der Waals surface area contributed by atoms with Gasteiger partial charge in [0.15, 0.2) is 5.78 Å². The predicted molar refractivity (Wildman–Crippen MR) is 76.0 cm³/mol.